The molecule has 0 amide bonds. The second-order valence-corrected chi connectivity index (χ2v) is 3.88. The first-order valence-corrected chi connectivity index (χ1v) is 6.04. The quantitative estimate of drug-likeness (QED) is 0.474. The molecular formula is C12H25NO2. The SMILES string of the molecule is CCCCCCC(CC(=O)OC)NCC. The summed E-state index contributed by atoms with van der Waals surface area (Å²) in [6.45, 7) is 5.18. The van der Waals surface area contributed by atoms with E-state index in [-0.39, 0.29) is 5.97 Å². The summed E-state index contributed by atoms with van der Waals surface area (Å²) in [7, 11) is 1.45. The molecule has 0 aromatic rings. The number of carbonyl (C=O) groups excluding carboxylic acids is 1. The largest absolute Gasteiger partial charge is 0.469 e. The summed E-state index contributed by atoms with van der Waals surface area (Å²) in [6, 6.07) is 0.291. The van der Waals surface area contributed by atoms with Crippen molar-refractivity contribution in [3.63, 3.8) is 0 Å². The summed E-state index contributed by atoms with van der Waals surface area (Å²) >= 11 is 0. The van der Waals surface area contributed by atoms with Gasteiger partial charge in [0.05, 0.1) is 13.5 Å². The van der Waals surface area contributed by atoms with Gasteiger partial charge < -0.3 is 10.1 Å². The average Bonchev–Trinajstić information content (AvgIpc) is 2.24. The Bertz CT molecular complexity index is 160. The van der Waals surface area contributed by atoms with Crippen LogP contribution in [0.5, 0.6) is 0 Å². The van der Waals surface area contributed by atoms with Crippen molar-refractivity contribution in [1.29, 1.82) is 0 Å². The molecule has 15 heavy (non-hydrogen) atoms. The minimum Gasteiger partial charge on any atom is -0.469 e. The highest BCUT2D eigenvalue weighted by atomic mass is 16.5. The van der Waals surface area contributed by atoms with Gasteiger partial charge in [-0.2, -0.15) is 0 Å². The van der Waals surface area contributed by atoms with Crippen molar-refractivity contribution in [2.75, 3.05) is 13.7 Å². The molecule has 3 heteroatoms. The number of methoxy groups -OCH3 is 1. The van der Waals surface area contributed by atoms with E-state index in [1.807, 2.05) is 0 Å². The van der Waals surface area contributed by atoms with Gasteiger partial charge in [-0.25, -0.2) is 0 Å². The maximum absolute atomic E-state index is 11.1. The second kappa shape index (κ2) is 9.97. The van der Waals surface area contributed by atoms with Crippen LogP contribution in [0.1, 0.15) is 52.4 Å². The number of esters is 1. The summed E-state index contributed by atoms with van der Waals surface area (Å²) in [5.41, 5.74) is 0. The number of nitrogens with one attached hydrogen (secondary N) is 1. The van der Waals surface area contributed by atoms with Crippen LogP contribution in [-0.2, 0) is 9.53 Å². The van der Waals surface area contributed by atoms with E-state index in [1.54, 1.807) is 0 Å². The molecular weight excluding hydrogens is 190 g/mol. The topological polar surface area (TPSA) is 38.3 Å². The highest BCUT2D eigenvalue weighted by Crippen LogP contribution is 2.08. The third-order valence-corrected chi connectivity index (χ3v) is 2.54. The number of hydrogen-bond donors (Lipinski definition) is 1. The van der Waals surface area contributed by atoms with Crippen molar-refractivity contribution in [2.24, 2.45) is 0 Å². The lowest BCUT2D eigenvalue weighted by Gasteiger charge is -2.16. The van der Waals surface area contributed by atoms with Crippen molar-refractivity contribution < 1.29 is 9.53 Å². The minimum atomic E-state index is -0.114. The summed E-state index contributed by atoms with van der Waals surface area (Å²) < 4.78 is 4.68. The van der Waals surface area contributed by atoms with Gasteiger partial charge in [0.25, 0.3) is 0 Å². The van der Waals surface area contributed by atoms with Gasteiger partial charge in [0.2, 0.25) is 0 Å². The lowest BCUT2D eigenvalue weighted by Crippen LogP contribution is -2.31. The Hall–Kier alpha value is -0.570. The van der Waals surface area contributed by atoms with Crippen molar-refractivity contribution in [3.05, 3.63) is 0 Å². The zero-order valence-electron chi connectivity index (χ0n) is 10.3. The summed E-state index contributed by atoms with van der Waals surface area (Å²) in [6.07, 6.45) is 6.57. The van der Waals surface area contributed by atoms with E-state index in [0.717, 1.165) is 13.0 Å². The summed E-state index contributed by atoms with van der Waals surface area (Å²) in [5, 5.41) is 3.32. The predicted octanol–water partition coefficient (Wildman–Crippen LogP) is 2.50. The normalized spacial score (nSPS) is 12.5. The second-order valence-electron chi connectivity index (χ2n) is 3.88. The number of hydrogen-bond acceptors (Lipinski definition) is 3. The number of carbonyl (C=O) groups is 1. The van der Waals surface area contributed by atoms with Crippen molar-refractivity contribution in [3.8, 4) is 0 Å². The summed E-state index contributed by atoms with van der Waals surface area (Å²) in [4.78, 5) is 11.1. The molecule has 0 spiro atoms. The first-order chi connectivity index (χ1) is 7.24. The predicted molar refractivity (Wildman–Crippen MR) is 62.9 cm³/mol. The van der Waals surface area contributed by atoms with E-state index in [1.165, 1.54) is 32.8 Å². The minimum absolute atomic E-state index is 0.114. The molecule has 3 nitrogen and oxygen atoms in total. The Morgan fingerprint density at radius 2 is 2.00 bits per heavy atom. The van der Waals surface area contributed by atoms with Gasteiger partial charge in [-0.05, 0) is 13.0 Å². The van der Waals surface area contributed by atoms with Crippen LogP contribution in [0.2, 0.25) is 0 Å². The first kappa shape index (κ1) is 14.4. The Labute approximate surface area is 93.6 Å². The molecule has 0 saturated heterocycles. The third-order valence-electron chi connectivity index (χ3n) is 2.54. The van der Waals surface area contributed by atoms with Crippen LogP contribution < -0.4 is 5.32 Å². The lowest BCUT2D eigenvalue weighted by molar-refractivity contribution is -0.141. The van der Waals surface area contributed by atoms with Gasteiger partial charge in [0.15, 0.2) is 0 Å². The molecule has 90 valence electrons. The maximum atomic E-state index is 11.1. The van der Waals surface area contributed by atoms with Crippen LogP contribution in [0.3, 0.4) is 0 Å². The fourth-order valence-corrected chi connectivity index (χ4v) is 1.67. The van der Waals surface area contributed by atoms with Crippen LogP contribution >= 0.6 is 0 Å². The van der Waals surface area contributed by atoms with Crippen LogP contribution in [-0.4, -0.2) is 25.7 Å². The molecule has 0 fully saturated rings. The van der Waals surface area contributed by atoms with Crippen LogP contribution in [0.25, 0.3) is 0 Å². The van der Waals surface area contributed by atoms with E-state index in [9.17, 15) is 4.79 Å². The van der Waals surface area contributed by atoms with E-state index in [0.29, 0.717) is 12.5 Å². The molecule has 0 aliphatic carbocycles. The molecule has 0 aliphatic heterocycles. The van der Waals surface area contributed by atoms with Crippen LogP contribution in [0.15, 0.2) is 0 Å². The molecule has 0 aromatic heterocycles. The van der Waals surface area contributed by atoms with E-state index < -0.39 is 0 Å². The Kier molecular flexibility index (Phi) is 9.59. The molecule has 0 heterocycles. The third kappa shape index (κ3) is 8.43. The van der Waals surface area contributed by atoms with Gasteiger partial charge in [-0.3, -0.25) is 4.79 Å². The molecule has 0 radical (unpaired) electrons. The van der Waals surface area contributed by atoms with Crippen molar-refractivity contribution in [1.82, 2.24) is 5.32 Å². The molecule has 1 N–H and O–H groups in total. The zero-order valence-corrected chi connectivity index (χ0v) is 10.3. The zero-order chi connectivity index (χ0) is 11.5. The van der Waals surface area contributed by atoms with E-state index >= 15 is 0 Å². The van der Waals surface area contributed by atoms with E-state index in [4.69, 9.17) is 0 Å². The van der Waals surface area contributed by atoms with Gasteiger partial charge in [0, 0.05) is 6.04 Å². The highest BCUT2D eigenvalue weighted by molar-refractivity contribution is 5.69. The van der Waals surface area contributed by atoms with Crippen LogP contribution in [0.4, 0.5) is 0 Å². The summed E-state index contributed by atoms with van der Waals surface area (Å²) in [5.74, 6) is -0.114. The molecule has 1 atom stereocenters. The van der Waals surface area contributed by atoms with E-state index in [2.05, 4.69) is 23.9 Å². The van der Waals surface area contributed by atoms with Gasteiger partial charge in [-0.15, -0.1) is 0 Å². The van der Waals surface area contributed by atoms with Gasteiger partial charge in [-0.1, -0.05) is 39.5 Å². The Morgan fingerprint density at radius 1 is 1.27 bits per heavy atom. The Morgan fingerprint density at radius 3 is 2.53 bits per heavy atom. The molecule has 1 unspecified atom stereocenters. The molecule has 0 aliphatic rings. The highest BCUT2D eigenvalue weighted by Gasteiger charge is 2.12. The first-order valence-electron chi connectivity index (χ1n) is 6.04. The number of ether oxygens (including phenoxy) is 1. The van der Waals surface area contributed by atoms with Gasteiger partial charge >= 0.3 is 5.97 Å². The smallest absolute Gasteiger partial charge is 0.307 e. The number of rotatable bonds is 9. The van der Waals surface area contributed by atoms with Crippen molar-refractivity contribution >= 4 is 5.97 Å². The standard InChI is InChI=1S/C12H25NO2/c1-4-6-7-8-9-11(13-5-2)10-12(14)15-3/h11,13H,4-10H2,1-3H3. The Balaban J connectivity index is 3.67. The lowest BCUT2D eigenvalue weighted by atomic mass is 10.0. The van der Waals surface area contributed by atoms with Crippen molar-refractivity contribution in [2.45, 2.75) is 58.4 Å². The molecule has 0 rings (SSSR count). The van der Waals surface area contributed by atoms with Crippen LogP contribution in [0, 0.1) is 0 Å². The molecule has 0 aromatic carbocycles. The molecule has 0 saturated carbocycles. The number of unbranched alkanes of at least 4 members (excludes halogenated alkanes) is 3. The monoisotopic (exact) mass is 215 g/mol. The fraction of sp³-hybridized carbons (Fsp3) is 0.917. The van der Waals surface area contributed by atoms with Gasteiger partial charge in [0.1, 0.15) is 0 Å². The maximum Gasteiger partial charge on any atom is 0.307 e. The fourth-order valence-electron chi connectivity index (χ4n) is 1.67. The molecule has 0 bridgehead atoms. The average molecular weight is 215 g/mol.